The van der Waals surface area contributed by atoms with Crippen molar-refractivity contribution in [2.24, 2.45) is 5.41 Å². The third-order valence-corrected chi connectivity index (χ3v) is 7.24. The van der Waals surface area contributed by atoms with Gasteiger partial charge in [-0.25, -0.2) is 4.98 Å². The van der Waals surface area contributed by atoms with E-state index in [1.54, 1.807) is 6.20 Å². The zero-order valence-electron chi connectivity index (χ0n) is 19.9. The minimum Gasteiger partial charge on any atom is -0.491 e. The SMILES string of the molecule is Cc1nccn1CCC(=O)N1CCC2(CCCCc3ccccc3OC[C@@H](C)NC2=O)CC1. The Labute approximate surface area is 196 Å². The Bertz CT molecular complexity index is 962. The highest BCUT2D eigenvalue weighted by atomic mass is 16.5. The van der Waals surface area contributed by atoms with Gasteiger partial charge in [0.15, 0.2) is 0 Å². The molecule has 0 unspecified atom stereocenters. The van der Waals surface area contributed by atoms with E-state index in [4.69, 9.17) is 4.74 Å². The molecule has 2 aliphatic heterocycles. The minimum absolute atomic E-state index is 0.0695. The van der Waals surface area contributed by atoms with Crippen molar-refractivity contribution in [1.29, 1.82) is 0 Å². The molecule has 33 heavy (non-hydrogen) atoms. The van der Waals surface area contributed by atoms with Gasteiger partial charge < -0.3 is 19.5 Å². The molecule has 4 rings (SSSR count). The number of rotatable bonds is 3. The van der Waals surface area contributed by atoms with Crippen LogP contribution in [0.25, 0.3) is 0 Å². The van der Waals surface area contributed by atoms with E-state index in [1.165, 1.54) is 5.56 Å². The van der Waals surface area contributed by atoms with Crippen LogP contribution in [0.2, 0.25) is 0 Å². The van der Waals surface area contributed by atoms with Gasteiger partial charge >= 0.3 is 0 Å². The first kappa shape index (κ1) is 23.3. The van der Waals surface area contributed by atoms with Gasteiger partial charge in [0.05, 0.1) is 11.5 Å². The van der Waals surface area contributed by atoms with Crippen LogP contribution < -0.4 is 10.1 Å². The third kappa shape index (κ3) is 5.57. The lowest BCUT2D eigenvalue weighted by Crippen LogP contribution is -2.52. The second-order valence-electron chi connectivity index (χ2n) is 9.58. The number of amides is 2. The normalized spacial score (nSPS) is 21.3. The van der Waals surface area contributed by atoms with E-state index in [1.807, 2.05) is 41.6 Å². The Morgan fingerprint density at radius 3 is 2.76 bits per heavy atom. The molecule has 0 saturated carbocycles. The number of hydrogen-bond donors (Lipinski definition) is 1. The number of piperidine rings is 1. The predicted molar refractivity (Wildman–Crippen MR) is 127 cm³/mol. The van der Waals surface area contributed by atoms with E-state index in [0.29, 0.717) is 32.7 Å². The van der Waals surface area contributed by atoms with E-state index >= 15 is 0 Å². The van der Waals surface area contributed by atoms with Crippen molar-refractivity contribution < 1.29 is 14.3 Å². The molecule has 0 radical (unpaired) electrons. The molecule has 1 N–H and O–H groups in total. The minimum atomic E-state index is -0.398. The molecule has 1 spiro atoms. The van der Waals surface area contributed by atoms with Crippen molar-refractivity contribution in [3.63, 3.8) is 0 Å². The molecule has 0 aliphatic carbocycles. The molecule has 1 saturated heterocycles. The van der Waals surface area contributed by atoms with Crippen LogP contribution in [0.4, 0.5) is 0 Å². The van der Waals surface area contributed by atoms with Crippen LogP contribution in [0, 0.1) is 12.3 Å². The van der Waals surface area contributed by atoms with Crippen molar-refractivity contribution in [2.45, 2.75) is 71.4 Å². The molecule has 2 aromatic rings. The summed E-state index contributed by atoms with van der Waals surface area (Å²) < 4.78 is 8.04. The Hall–Kier alpha value is -2.83. The summed E-state index contributed by atoms with van der Waals surface area (Å²) in [6.07, 6.45) is 9.42. The van der Waals surface area contributed by atoms with Crippen LogP contribution in [-0.2, 0) is 22.6 Å². The summed E-state index contributed by atoms with van der Waals surface area (Å²) in [6.45, 7) is 6.33. The van der Waals surface area contributed by atoms with Crippen molar-refractivity contribution in [2.75, 3.05) is 19.7 Å². The lowest BCUT2D eigenvalue weighted by atomic mass is 9.73. The average molecular weight is 453 g/mol. The summed E-state index contributed by atoms with van der Waals surface area (Å²) in [4.78, 5) is 32.3. The van der Waals surface area contributed by atoms with Gasteiger partial charge in [-0.3, -0.25) is 9.59 Å². The fourth-order valence-corrected chi connectivity index (χ4v) is 5.05. The van der Waals surface area contributed by atoms with Gasteiger partial charge in [0, 0.05) is 38.4 Å². The number of nitrogens with zero attached hydrogens (tertiary/aromatic N) is 3. The monoisotopic (exact) mass is 452 g/mol. The Morgan fingerprint density at radius 1 is 1.21 bits per heavy atom. The number of benzene rings is 1. The van der Waals surface area contributed by atoms with Crippen molar-refractivity contribution >= 4 is 11.8 Å². The van der Waals surface area contributed by atoms with E-state index in [2.05, 4.69) is 22.4 Å². The summed E-state index contributed by atoms with van der Waals surface area (Å²) in [5.74, 6) is 2.12. The molecule has 3 heterocycles. The van der Waals surface area contributed by atoms with Gasteiger partial charge in [0.25, 0.3) is 0 Å². The zero-order valence-corrected chi connectivity index (χ0v) is 19.9. The number of fused-ring (bicyclic) bond motifs is 1. The first-order valence-electron chi connectivity index (χ1n) is 12.2. The summed E-state index contributed by atoms with van der Waals surface area (Å²) in [7, 11) is 0. The van der Waals surface area contributed by atoms with E-state index in [0.717, 1.165) is 50.1 Å². The molecule has 2 amide bonds. The maximum Gasteiger partial charge on any atom is 0.226 e. The third-order valence-electron chi connectivity index (χ3n) is 7.24. The van der Waals surface area contributed by atoms with Crippen LogP contribution in [0.5, 0.6) is 5.75 Å². The number of para-hydroxylation sites is 1. The number of carbonyl (C=O) groups is 2. The lowest BCUT2D eigenvalue weighted by molar-refractivity contribution is -0.141. The fourth-order valence-electron chi connectivity index (χ4n) is 5.05. The summed E-state index contributed by atoms with van der Waals surface area (Å²) in [6, 6.07) is 8.13. The van der Waals surface area contributed by atoms with E-state index < -0.39 is 5.41 Å². The summed E-state index contributed by atoms with van der Waals surface area (Å²) in [5.41, 5.74) is 0.837. The van der Waals surface area contributed by atoms with Crippen LogP contribution in [-0.4, -0.2) is 52.0 Å². The van der Waals surface area contributed by atoms with Crippen molar-refractivity contribution in [3.8, 4) is 5.75 Å². The highest BCUT2D eigenvalue weighted by molar-refractivity contribution is 5.83. The van der Waals surface area contributed by atoms with Crippen molar-refractivity contribution in [1.82, 2.24) is 19.8 Å². The van der Waals surface area contributed by atoms with Gasteiger partial charge in [0.2, 0.25) is 11.8 Å². The van der Waals surface area contributed by atoms with Crippen LogP contribution in [0.15, 0.2) is 36.7 Å². The molecule has 7 nitrogen and oxygen atoms in total. The highest BCUT2D eigenvalue weighted by Crippen LogP contribution is 2.38. The number of hydrogen-bond acceptors (Lipinski definition) is 4. The number of imidazole rings is 1. The Balaban J connectivity index is 1.37. The molecule has 0 bridgehead atoms. The van der Waals surface area contributed by atoms with Gasteiger partial charge in [0.1, 0.15) is 18.2 Å². The first-order chi connectivity index (χ1) is 16.0. The zero-order chi connectivity index (χ0) is 23.3. The van der Waals surface area contributed by atoms with Crippen LogP contribution in [0.1, 0.15) is 56.8 Å². The maximum absolute atomic E-state index is 13.4. The predicted octanol–water partition coefficient (Wildman–Crippen LogP) is 3.50. The molecular weight excluding hydrogens is 416 g/mol. The second-order valence-corrected chi connectivity index (χ2v) is 9.58. The average Bonchev–Trinajstić information content (AvgIpc) is 3.23. The number of aryl methyl sites for hydroxylation is 3. The largest absolute Gasteiger partial charge is 0.491 e. The molecule has 1 aromatic heterocycles. The Kier molecular flexibility index (Phi) is 7.36. The summed E-state index contributed by atoms with van der Waals surface area (Å²) in [5, 5.41) is 3.21. The smallest absolute Gasteiger partial charge is 0.226 e. The number of nitrogens with one attached hydrogen (secondary N) is 1. The number of aromatic nitrogens is 2. The van der Waals surface area contributed by atoms with Crippen LogP contribution >= 0.6 is 0 Å². The fraction of sp³-hybridized carbons (Fsp3) is 0.577. The van der Waals surface area contributed by atoms with Gasteiger partial charge in [-0.15, -0.1) is 0 Å². The maximum atomic E-state index is 13.4. The second kappa shape index (κ2) is 10.4. The molecule has 1 aromatic carbocycles. The number of likely N-dealkylation sites (tertiary alicyclic amines) is 1. The first-order valence-corrected chi connectivity index (χ1v) is 12.2. The van der Waals surface area contributed by atoms with Gasteiger partial charge in [-0.05, 0) is 57.6 Å². The standard InChI is InChI=1S/C26H36N4O3/c1-20-19-33-23-9-4-3-7-22(23)8-5-6-11-26(25(32)28-20)12-16-30(17-13-26)24(31)10-15-29-18-14-27-21(29)2/h3-4,7,9,14,18,20H,5-6,8,10-13,15-17,19H2,1-2H3,(H,28,32)/t20-/m1/s1. The molecule has 1 atom stereocenters. The van der Waals surface area contributed by atoms with E-state index in [-0.39, 0.29) is 17.9 Å². The lowest BCUT2D eigenvalue weighted by Gasteiger charge is -2.41. The van der Waals surface area contributed by atoms with Gasteiger partial charge in [-0.2, -0.15) is 0 Å². The quantitative estimate of drug-likeness (QED) is 0.773. The highest BCUT2D eigenvalue weighted by Gasteiger charge is 2.42. The van der Waals surface area contributed by atoms with Gasteiger partial charge in [-0.1, -0.05) is 24.6 Å². The molecule has 2 aliphatic rings. The molecular formula is C26H36N4O3. The molecule has 7 heteroatoms. The number of ether oxygens (including phenoxy) is 1. The summed E-state index contributed by atoms with van der Waals surface area (Å²) >= 11 is 0. The topological polar surface area (TPSA) is 76.5 Å². The molecule has 178 valence electrons. The molecule has 1 fully saturated rings. The Morgan fingerprint density at radius 2 is 2.00 bits per heavy atom. The van der Waals surface area contributed by atoms with Crippen molar-refractivity contribution in [3.05, 3.63) is 48.0 Å². The van der Waals surface area contributed by atoms with Crippen LogP contribution in [0.3, 0.4) is 0 Å². The number of carbonyl (C=O) groups excluding carboxylic acids is 2. The van der Waals surface area contributed by atoms with E-state index in [9.17, 15) is 9.59 Å².